The summed E-state index contributed by atoms with van der Waals surface area (Å²) in [6.07, 6.45) is 1.52. The van der Waals surface area contributed by atoms with E-state index in [2.05, 4.69) is 10.5 Å². The van der Waals surface area contributed by atoms with Crippen molar-refractivity contribution in [1.29, 1.82) is 0 Å². The van der Waals surface area contributed by atoms with Gasteiger partial charge < -0.3 is 9.84 Å². The van der Waals surface area contributed by atoms with E-state index >= 15 is 0 Å². The summed E-state index contributed by atoms with van der Waals surface area (Å²) in [5, 5.41) is 8.46. The summed E-state index contributed by atoms with van der Waals surface area (Å²) in [4.78, 5) is 12.4. The Kier molecular flexibility index (Phi) is 5.79. The molecule has 1 unspecified atom stereocenters. The van der Waals surface area contributed by atoms with E-state index in [0.29, 0.717) is 29.6 Å². The second-order valence-electron chi connectivity index (χ2n) is 6.92. The van der Waals surface area contributed by atoms with Crippen LogP contribution in [0, 0.1) is 0 Å². The molecule has 3 heterocycles. The first-order valence-corrected chi connectivity index (χ1v) is 11.7. The number of piperidine rings is 1. The van der Waals surface area contributed by atoms with Crippen molar-refractivity contribution in [3.8, 4) is 0 Å². The average molecular weight is 432 g/mol. The van der Waals surface area contributed by atoms with E-state index in [4.69, 9.17) is 4.52 Å². The molecule has 1 aliphatic heterocycles. The van der Waals surface area contributed by atoms with Crippen molar-refractivity contribution in [3.63, 3.8) is 0 Å². The number of thiophene rings is 1. The van der Waals surface area contributed by atoms with Gasteiger partial charge in [0, 0.05) is 31.6 Å². The first-order chi connectivity index (χ1) is 14.0. The van der Waals surface area contributed by atoms with Gasteiger partial charge in [-0.2, -0.15) is 4.31 Å². The molecule has 0 aliphatic carbocycles. The van der Waals surface area contributed by atoms with Crippen LogP contribution in [0.5, 0.6) is 0 Å². The first-order valence-electron chi connectivity index (χ1n) is 9.36. The molecule has 1 aromatic carbocycles. The highest BCUT2D eigenvalue weighted by Crippen LogP contribution is 2.31. The maximum atomic E-state index is 12.8. The molecule has 9 heteroatoms. The minimum Gasteiger partial charge on any atom is -0.360 e. The summed E-state index contributed by atoms with van der Waals surface area (Å²) in [5.41, 5.74) is 1.19. The van der Waals surface area contributed by atoms with E-state index in [1.54, 1.807) is 23.6 Å². The smallest absolute Gasteiger partial charge is 0.273 e. The predicted octanol–water partition coefficient (Wildman–Crippen LogP) is 3.23. The Morgan fingerprint density at radius 3 is 2.83 bits per heavy atom. The zero-order valence-electron chi connectivity index (χ0n) is 15.7. The van der Waals surface area contributed by atoms with Crippen LogP contribution < -0.4 is 5.32 Å². The summed E-state index contributed by atoms with van der Waals surface area (Å²) in [6.45, 7) is 1.20. The number of amides is 1. The lowest BCUT2D eigenvalue weighted by atomic mass is 9.97. The summed E-state index contributed by atoms with van der Waals surface area (Å²) < 4.78 is 32.8. The Labute approximate surface area is 173 Å². The molecular formula is C20H21N3O4S2. The Balaban J connectivity index is 1.41. The number of nitrogens with zero attached hydrogens (tertiary/aromatic N) is 2. The van der Waals surface area contributed by atoms with Crippen LogP contribution in [0.15, 0.2) is 62.6 Å². The van der Waals surface area contributed by atoms with Crippen molar-refractivity contribution in [2.45, 2.75) is 29.5 Å². The van der Waals surface area contributed by atoms with Gasteiger partial charge in [-0.25, -0.2) is 8.42 Å². The standard InChI is InChI=1S/C20H21N3O4S2/c24-20(21-13-15-6-2-1-3-7-15)17-12-18(27-22-17)16-8-4-10-23(14-16)29(25,26)19-9-5-11-28-19/h1-3,5-7,9,11-12,16H,4,8,10,13-14H2,(H,21,24). The number of rotatable bonds is 6. The van der Waals surface area contributed by atoms with Crippen molar-refractivity contribution in [3.05, 3.63) is 70.9 Å². The van der Waals surface area contributed by atoms with Gasteiger partial charge >= 0.3 is 0 Å². The highest BCUT2D eigenvalue weighted by atomic mass is 32.2. The van der Waals surface area contributed by atoms with E-state index in [0.717, 1.165) is 18.4 Å². The predicted molar refractivity (Wildman–Crippen MR) is 109 cm³/mol. The van der Waals surface area contributed by atoms with E-state index in [1.165, 1.54) is 15.6 Å². The minimum atomic E-state index is -3.50. The normalized spacial score (nSPS) is 17.9. The fourth-order valence-corrected chi connectivity index (χ4v) is 6.06. The van der Waals surface area contributed by atoms with Gasteiger partial charge in [-0.15, -0.1) is 11.3 Å². The minimum absolute atomic E-state index is 0.123. The van der Waals surface area contributed by atoms with Crippen molar-refractivity contribution >= 4 is 27.3 Å². The number of hydrogen-bond acceptors (Lipinski definition) is 6. The SMILES string of the molecule is O=C(NCc1ccccc1)c1cc(C2CCCN(S(=O)(=O)c3cccs3)C2)on1. The fourth-order valence-electron chi connectivity index (χ4n) is 3.39. The van der Waals surface area contributed by atoms with Gasteiger partial charge in [-0.3, -0.25) is 4.79 Å². The molecule has 152 valence electrons. The lowest BCUT2D eigenvalue weighted by Gasteiger charge is -2.30. The lowest BCUT2D eigenvalue weighted by molar-refractivity contribution is 0.0941. The number of carbonyl (C=O) groups is 1. The zero-order valence-corrected chi connectivity index (χ0v) is 17.3. The number of sulfonamides is 1. The molecule has 1 aliphatic rings. The highest BCUT2D eigenvalue weighted by molar-refractivity contribution is 7.91. The molecule has 3 aromatic rings. The lowest BCUT2D eigenvalue weighted by Crippen LogP contribution is -2.38. The maximum absolute atomic E-state index is 12.8. The van der Waals surface area contributed by atoms with Crippen molar-refractivity contribution < 1.29 is 17.7 Å². The largest absolute Gasteiger partial charge is 0.360 e. The molecule has 7 nitrogen and oxygen atoms in total. The van der Waals surface area contributed by atoms with Crippen LogP contribution in [0.25, 0.3) is 0 Å². The van der Waals surface area contributed by atoms with E-state index < -0.39 is 10.0 Å². The van der Waals surface area contributed by atoms with Crippen LogP contribution in [0.1, 0.15) is 40.6 Å². The molecule has 1 fully saturated rings. The monoisotopic (exact) mass is 431 g/mol. The van der Waals surface area contributed by atoms with Gasteiger partial charge in [0.25, 0.3) is 15.9 Å². The summed E-state index contributed by atoms with van der Waals surface area (Å²) >= 11 is 1.21. The number of carbonyl (C=O) groups excluding carboxylic acids is 1. The molecule has 0 radical (unpaired) electrons. The highest BCUT2D eigenvalue weighted by Gasteiger charge is 2.33. The molecule has 2 aromatic heterocycles. The molecule has 0 saturated carbocycles. The van der Waals surface area contributed by atoms with Crippen LogP contribution in [0.4, 0.5) is 0 Å². The molecule has 0 spiro atoms. The van der Waals surface area contributed by atoms with Crippen molar-refractivity contribution in [1.82, 2.24) is 14.8 Å². The topological polar surface area (TPSA) is 92.5 Å². The molecule has 29 heavy (non-hydrogen) atoms. The number of nitrogens with one attached hydrogen (secondary N) is 1. The van der Waals surface area contributed by atoms with Gasteiger partial charge in [-0.1, -0.05) is 41.6 Å². The van der Waals surface area contributed by atoms with Gasteiger partial charge in [0.15, 0.2) is 5.69 Å². The third-order valence-corrected chi connectivity index (χ3v) is 8.17. The fraction of sp³-hybridized carbons (Fsp3) is 0.300. The van der Waals surface area contributed by atoms with Gasteiger partial charge in [-0.05, 0) is 29.9 Å². The third-order valence-electron chi connectivity index (χ3n) is 4.93. The van der Waals surface area contributed by atoms with E-state index in [9.17, 15) is 13.2 Å². The van der Waals surface area contributed by atoms with Crippen LogP contribution >= 0.6 is 11.3 Å². The van der Waals surface area contributed by atoms with Crippen LogP contribution in [-0.4, -0.2) is 36.9 Å². The molecule has 1 saturated heterocycles. The molecule has 1 atom stereocenters. The first kappa shape index (κ1) is 19.8. The maximum Gasteiger partial charge on any atom is 0.273 e. The van der Waals surface area contributed by atoms with Gasteiger partial charge in [0.2, 0.25) is 0 Å². The number of hydrogen-bond donors (Lipinski definition) is 1. The van der Waals surface area contributed by atoms with E-state index in [-0.39, 0.29) is 17.5 Å². The average Bonchev–Trinajstić information content (AvgIpc) is 3.45. The molecule has 4 rings (SSSR count). The summed E-state index contributed by atoms with van der Waals surface area (Å²) in [5.74, 6) is 0.102. The summed E-state index contributed by atoms with van der Waals surface area (Å²) in [6, 6.07) is 14.6. The Hall–Kier alpha value is -2.49. The molecule has 0 bridgehead atoms. The third kappa shape index (κ3) is 4.42. The molecule has 1 amide bonds. The van der Waals surface area contributed by atoms with Crippen LogP contribution in [0.3, 0.4) is 0 Å². The zero-order chi connectivity index (χ0) is 20.3. The molecule has 1 N–H and O–H groups in total. The molecular weight excluding hydrogens is 410 g/mol. The number of benzene rings is 1. The van der Waals surface area contributed by atoms with Gasteiger partial charge in [0.05, 0.1) is 0 Å². The number of aromatic nitrogens is 1. The van der Waals surface area contributed by atoms with Crippen molar-refractivity contribution in [2.75, 3.05) is 13.1 Å². The Morgan fingerprint density at radius 2 is 2.07 bits per heavy atom. The van der Waals surface area contributed by atoms with Crippen molar-refractivity contribution in [2.24, 2.45) is 0 Å². The Morgan fingerprint density at radius 1 is 1.24 bits per heavy atom. The second-order valence-corrected chi connectivity index (χ2v) is 10.0. The second kappa shape index (κ2) is 8.48. The van der Waals surface area contributed by atoms with Gasteiger partial charge in [0.1, 0.15) is 9.97 Å². The van der Waals surface area contributed by atoms with Crippen LogP contribution in [0.2, 0.25) is 0 Å². The summed E-state index contributed by atoms with van der Waals surface area (Å²) in [7, 11) is -3.50. The van der Waals surface area contributed by atoms with E-state index in [1.807, 2.05) is 30.3 Å². The Bertz CT molecular complexity index is 1060. The van der Waals surface area contributed by atoms with Crippen LogP contribution in [-0.2, 0) is 16.6 Å². The quantitative estimate of drug-likeness (QED) is 0.647.